The van der Waals surface area contributed by atoms with Crippen molar-refractivity contribution in [2.75, 3.05) is 39.6 Å². The molecule has 0 bridgehead atoms. The molecule has 0 unspecified atom stereocenters. The van der Waals surface area contributed by atoms with Gasteiger partial charge in [0.2, 0.25) is 0 Å². The van der Waals surface area contributed by atoms with Crippen LogP contribution in [0.1, 0.15) is 251 Å². The Bertz CT molecular complexity index is 1310. The molecular formula is C62H114O4S2Si. The third-order valence-corrected chi connectivity index (χ3v) is 21.2. The molecule has 2 rings (SSSR count). The highest BCUT2D eigenvalue weighted by Gasteiger charge is 2.37. The normalized spacial score (nSPS) is 12.8. The molecule has 0 fully saturated rings. The molecule has 2 aromatic carbocycles. The predicted molar refractivity (Wildman–Crippen MR) is 314 cm³/mol. The van der Waals surface area contributed by atoms with Gasteiger partial charge in [-0.3, -0.25) is 0 Å². The van der Waals surface area contributed by atoms with Gasteiger partial charge in [-0.1, -0.05) is 288 Å². The van der Waals surface area contributed by atoms with Crippen molar-refractivity contribution in [2.45, 2.75) is 280 Å². The first-order valence-corrected chi connectivity index (χ1v) is 34.3. The molecule has 2 atom stereocenters. The van der Waals surface area contributed by atoms with Crippen LogP contribution in [0.25, 0.3) is 0 Å². The van der Waals surface area contributed by atoms with E-state index in [1.54, 1.807) is 11.8 Å². The van der Waals surface area contributed by atoms with Crippen LogP contribution in [0.15, 0.2) is 60.7 Å². The molecule has 2 aromatic rings. The van der Waals surface area contributed by atoms with Gasteiger partial charge >= 0.3 is 0 Å². The number of benzene rings is 2. The van der Waals surface area contributed by atoms with Crippen LogP contribution in [0.2, 0.25) is 18.1 Å². The minimum absolute atomic E-state index is 0.182. The van der Waals surface area contributed by atoms with E-state index in [0.717, 1.165) is 44.4 Å². The molecular weight excluding hydrogens is 901 g/mol. The first-order valence-electron chi connectivity index (χ1n) is 29.3. The van der Waals surface area contributed by atoms with Gasteiger partial charge in [0, 0.05) is 31.3 Å². The first kappa shape index (κ1) is 66.2. The SMILES string of the molecule is CCCCCCCCCCCCCCCCCCOC[C@H](CO)SCc1ccccc1.CCCCCCCCCCCCCCCCCCOC[C@H](CO[Si](C)(C)C(C)(C)C)SCc1ccccc1. The predicted octanol–water partition coefficient (Wildman–Crippen LogP) is 20.1. The van der Waals surface area contributed by atoms with E-state index in [-0.39, 0.29) is 16.9 Å². The zero-order valence-corrected chi connectivity index (χ0v) is 49.3. The molecule has 0 saturated heterocycles. The van der Waals surface area contributed by atoms with Crippen molar-refractivity contribution in [1.29, 1.82) is 0 Å². The van der Waals surface area contributed by atoms with Crippen molar-refractivity contribution in [3.8, 4) is 0 Å². The van der Waals surface area contributed by atoms with Gasteiger partial charge in [-0.25, -0.2) is 0 Å². The number of aliphatic hydroxyl groups is 1. The van der Waals surface area contributed by atoms with Gasteiger partial charge in [-0.2, -0.15) is 0 Å². The van der Waals surface area contributed by atoms with Gasteiger partial charge in [0.1, 0.15) is 0 Å². The zero-order valence-electron chi connectivity index (χ0n) is 46.7. The van der Waals surface area contributed by atoms with Crippen LogP contribution in [-0.2, 0) is 25.4 Å². The second-order valence-electron chi connectivity index (χ2n) is 21.8. The third-order valence-electron chi connectivity index (χ3n) is 14.2. The molecule has 0 aliphatic carbocycles. The maximum Gasteiger partial charge on any atom is 0.192 e. The van der Waals surface area contributed by atoms with Crippen LogP contribution in [-0.4, -0.2) is 63.6 Å². The molecule has 1 N–H and O–H groups in total. The standard InChI is InChI=1S/C34H64O2SSi.C28H50O2S/c1-7-8-9-10-11-12-13-14-15-16-17-18-19-20-21-25-28-35-29-33(30-36-38(5,6)34(2,3)4)37-31-32-26-23-22-24-27-32;1-2-3-4-5-6-7-8-9-10-11-12-13-14-15-16-20-23-30-25-28(24-29)31-26-27-21-18-17-19-22-27/h22-24,26-27,33H,7-21,25,28-31H2,1-6H3;17-19,21-22,28-29H,2-16,20,23-26H2,1H3/t33-;28-/m10/s1. The summed E-state index contributed by atoms with van der Waals surface area (Å²) >= 11 is 3.78. The van der Waals surface area contributed by atoms with Crippen LogP contribution in [0, 0.1) is 0 Å². The van der Waals surface area contributed by atoms with Crippen LogP contribution in [0.5, 0.6) is 0 Å². The Morgan fingerprint density at radius 3 is 1.01 bits per heavy atom. The molecule has 0 aliphatic heterocycles. The molecule has 4 nitrogen and oxygen atoms in total. The summed E-state index contributed by atoms with van der Waals surface area (Å²) in [5.74, 6) is 1.96. The van der Waals surface area contributed by atoms with Crippen molar-refractivity contribution in [3.63, 3.8) is 0 Å². The fraction of sp³-hybridized carbons (Fsp3) is 0.806. The lowest BCUT2D eigenvalue weighted by Gasteiger charge is -2.37. The minimum Gasteiger partial charge on any atom is -0.416 e. The molecule has 0 amide bonds. The third kappa shape index (κ3) is 42.3. The van der Waals surface area contributed by atoms with E-state index in [0.29, 0.717) is 11.9 Å². The van der Waals surface area contributed by atoms with Crippen molar-refractivity contribution in [1.82, 2.24) is 0 Å². The maximum absolute atomic E-state index is 9.55. The van der Waals surface area contributed by atoms with Crippen LogP contribution in [0.4, 0.5) is 0 Å². The van der Waals surface area contributed by atoms with Crippen molar-refractivity contribution in [2.24, 2.45) is 0 Å². The lowest BCUT2D eigenvalue weighted by Crippen LogP contribution is -2.42. The maximum atomic E-state index is 9.55. The van der Waals surface area contributed by atoms with Gasteiger partial charge in [0.15, 0.2) is 8.32 Å². The van der Waals surface area contributed by atoms with Gasteiger partial charge in [-0.05, 0) is 42.1 Å². The van der Waals surface area contributed by atoms with E-state index in [1.165, 1.54) is 210 Å². The molecule has 402 valence electrons. The second-order valence-corrected chi connectivity index (χ2v) is 29.2. The molecule has 0 radical (unpaired) electrons. The van der Waals surface area contributed by atoms with E-state index >= 15 is 0 Å². The number of aliphatic hydroxyl groups excluding tert-OH is 1. The van der Waals surface area contributed by atoms with Crippen LogP contribution in [0.3, 0.4) is 0 Å². The quantitative estimate of drug-likeness (QED) is 0.0527. The fourth-order valence-electron chi connectivity index (χ4n) is 8.33. The van der Waals surface area contributed by atoms with E-state index in [2.05, 4.69) is 102 Å². The average Bonchev–Trinajstić information content (AvgIpc) is 3.35. The monoisotopic (exact) mass is 1010 g/mol. The topological polar surface area (TPSA) is 47.9 Å². The number of ether oxygens (including phenoxy) is 2. The summed E-state index contributed by atoms with van der Waals surface area (Å²) in [6.07, 6.45) is 44.9. The number of hydrogen-bond acceptors (Lipinski definition) is 6. The Balaban J connectivity index is 0.000000704. The summed E-state index contributed by atoms with van der Waals surface area (Å²) in [7, 11) is -1.74. The molecule has 0 heterocycles. The summed E-state index contributed by atoms with van der Waals surface area (Å²) in [5, 5.41) is 10.4. The molecule has 0 saturated carbocycles. The van der Waals surface area contributed by atoms with Crippen LogP contribution >= 0.6 is 23.5 Å². The molecule has 0 aromatic heterocycles. The molecule has 69 heavy (non-hydrogen) atoms. The fourth-order valence-corrected chi connectivity index (χ4v) is 11.4. The Morgan fingerprint density at radius 1 is 0.420 bits per heavy atom. The summed E-state index contributed by atoms with van der Waals surface area (Å²) in [4.78, 5) is 0. The summed E-state index contributed by atoms with van der Waals surface area (Å²) in [5.41, 5.74) is 2.69. The average molecular weight is 1020 g/mol. The number of unbranched alkanes of at least 4 members (excludes halogenated alkanes) is 30. The minimum atomic E-state index is -1.74. The number of hydrogen-bond donors (Lipinski definition) is 1. The molecule has 7 heteroatoms. The highest BCUT2D eigenvalue weighted by atomic mass is 32.2. The van der Waals surface area contributed by atoms with E-state index in [1.807, 2.05) is 17.8 Å². The van der Waals surface area contributed by atoms with Crippen molar-refractivity contribution < 1.29 is 19.0 Å². The Labute approximate surface area is 440 Å². The van der Waals surface area contributed by atoms with Gasteiger partial charge in [0.25, 0.3) is 0 Å². The smallest absolute Gasteiger partial charge is 0.192 e. The van der Waals surface area contributed by atoms with Crippen molar-refractivity contribution in [3.05, 3.63) is 71.8 Å². The number of thioether (sulfide) groups is 2. The first-order chi connectivity index (χ1) is 33.6. The largest absolute Gasteiger partial charge is 0.416 e. The lowest BCUT2D eigenvalue weighted by atomic mass is 10.0. The van der Waals surface area contributed by atoms with Gasteiger partial charge in [0.05, 0.1) is 30.3 Å². The zero-order chi connectivity index (χ0) is 50.2. The highest BCUT2D eigenvalue weighted by molar-refractivity contribution is 7.99. The molecule has 0 spiro atoms. The van der Waals surface area contributed by atoms with E-state index in [4.69, 9.17) is 13.9 Å². The summed E-state index contributed by atoms with van der Waals surface area (Å²) in [6, 6.07) is 21.2. The molecule has 0 aliphatic rings. The Morgan fingerprint density at radius 2 is 0.710 bits per heavy atom. The van der Waals surface area contributed by atoms with E-state index in [9.17, 15) is 5.11 Å². The van der Waals surface area contributed by atoms with Crippen LogP contribution < -0.4 is 0 Å². The number of rotatable bonds is 48. The summed E-state index contributed by atoms with van der Waals surface area (Å²) in [6.45, 7) is 20.4. The van der Waals surface area contributed by atoms with E-state index < -0.39 is 8.32 Å². The van der Waals surface area contributed by atoms with Crippen molar-refractivity contribution >= 4 is 31.8 Å². The Kier molecular flexibility index (Phi) is 46.2. The van der Waals surface area contributed by atoms with Gasteiger partial charge in [-0.15, -0.1) is 23.5 Å². The Hall–Kier alpha value is -0.803. The highest BCUT2D eigenvalue weighted by Crippen LogP contribution is 2.37. The second kappa shape index (κ2) is 48.2. The summed E-state index contributed by atoms with van der Waals surface area (Å²) < 4.78 is 18.6. The lowest BCUT2D eigenvalue weighted by molar-refractivity contribution is 0.117. The van der Waals surface area contributed by atoms with Gasteiger partial charge < -0.3 is 19.0 Å².